The third kappa shape index (κ3) is 4.78. The summed E-state index contributed by atoms with van der Waals surface area (Å²) in [6.07, 6.45) is 0. The first-order chi connectivity index (χ1) is 15.3. The summed E-state index contributed by atoms with van der Waals surface area (Å²) in [7, 11) is -3.93. The molecular formula is C20H18FN3O6S2. The molecule has 0 aliphatic carbocycles. The Balaban J connectivity index is 1.42. The number of nitrogens with zero attached hydrogens (tertiary/aromatic N) is 2. The van der Waals surface area contributed by atoms with Crippen molar-refractivity contribution < 1.29 is 31.9 Å². The molecule has 1 aromatic heterocycles. The first-order valence-corrected chi connectivity index (χ1v) is 11.8. The van der Waals surface area contributed by atoms with E-state index in [-0.39, 0.29) is 31.2 Å². The van der Waals surface area contributed by atoms with Crippen LogP contribution in [0.3, 0.4) is 0 Å². The van der Waals surface area contributed by atoms with Gasteiger partial charge in [-0.15, -0.1) is 0 Å². The molecule has 0 radical (unpaired) electrons. The van der Waals surface area contributed by atoms with E-state index in [1.54, 1.807) is 6.07 Å². The number of hydrogen-bond donors (Lipinski definition) is 1. The minimum atomic E-state index is -3.93. The number of ether oxygens (including phenoxy) is 2. The number of anilines is 1. The molecule has 0 spiro atoms. The van der Waals surface area contributed by atoms with E-state index in [1.807, 2.05) is 18.2 Å². The summed E-state index contributed by atoms with van der Waals surface area (Å²) >= 11 is 1.25. The Morgan fingerprint density at radius 1 is 1.19 bits per heavy atom. The number of esters is 1. The molecule has 1 aliphatic rings. The summed E-state index contributed by atoms with van der Waals surface area (Å²) in [6.45, 7) is 0.129. The van der Waals surface area contributed by atoms with Crippen LogP contribution in [0.5, 0.6) is 0 Å². The molecule has 32 heavy (non-hydrogen) atoms. The van der Waals surface area contributed by atoms with Crippen LogP contribution in [0.2, 0.25) is 0 Å². The lowest BCUT2D eigenvalue weighted by Gasteiger charge is -2.26. The molecule has 0 bridgehead atoms. The second kappa shape index (κ2) is 9.28. The summed E-state index contributed by atoms with van der Waals surface area (Å²) in [5.74, 6) is -2.77. The second-order valence-corrected chi connectivity index (χ2v) is 9.74. The summed E-state index contributed by atoms with van der Waals surface area (Å²) in [4.78, 5) is 28.4. The fourth-order valence-corrected chi connectivity index (χ4v) is 5.36. The quantitative estimate of drug-likeness (QED) is 0.539. The average molecular weight is 480 g/mol. The zero-order valence-corrected chi connectivity index (χ0v) is 18.2. The van der Waals surface area contributed by atoms with Gasteiger partial charge in [0.15, 0.2) is 11.7 Å². The minimum absolute atomic E-state index is 0.158. The fourth-order valence-electron chi connectivity index (χ4n) is 3.05. The van der Waals surface area contributed by atoms with Crippen LogP contribution >= 0.6 is 11.3 Å². The van der Waals surface area contributed by atoms with Crippen molar-refractivity contribution in [3.63, 3.8) is 0 Å². The Kier molecular flexibility index (Phi) is 6.46. The van der Waals surface area contributed by atoms with Crippen molar-refractivity contribution in [3.8, 4) is 0 Å². The highest BCUT2D eigenvalue weighted by Gasteiger charge is 2.28. The van der Waals surface area contributed by atoms with Crippen LogP contribution in [-0.2, 0) is 24.3 Å². The molecule has 9 nitrogen and oxygen atoms in total. The number of halogens is 1. The second-order valence-electron chi connectivity index (χ2n) is 6.77. The molecule has 1 aliphatic heterocycles. The van der Waals surface area contributed by atoms with Crippen LogP contribution in [0.1, 0.15) is 10.4 Å². The standard InChI is InChI=1S/C20H18FN3O6S2/c21-15-6-5-13(32(27,28)24-7-9-29-10-8-24)11-14(15)19(26)30-12-18(25)23-20-22-16-3-1-2-4-17(16)31-20/h1-6,11H,7-10,12H2,(H,22,23,25). The van der Waals surface area contributed by atoms with Crippen LogP contribution in [0.15, 0.2) is 47.4 Å². The van der Waals surface area contributed by atoms with Crippen molar-refractivity contribution in [2.45, 2.75) is 4.90 Å². The number of hydrogen-bond acceptors (Lipinski definition) is 8. The van der Waals surface area contributed by atoms with Gasteiger partial charge in [-0.3, -0.25) is 10.1 Å². The van der Waals surface area contributed by atoms with Gasteiger partial charge in [0.05, 0.1) is 33.9 Å². The molecule has 1 saturated heterocycles. The Morgan fingerprint density at radius 3 is 2.69 bits per heavy atom. The van der Waals surface area contributed by atoms with Gasteiger partial charge < -0.3 is 9.47 Å². The van der Waals surface area contributed by atoms with Crippen molar-refractivity contribution in [3.05, 3.63) is 53.8 Å². The van der Waals surface area contributed by atoms with Crippen LogP contribution < -0.4 is 5.32 Å². The largest absolute Gasteiger partial charge is 0.452 e. The van der Waals surface area contributed by atoms with Gasteiger partial charge in [0.25, 0.3) is 5.91 Å². The molecule has 1 amide bonds. The van der Waals surface area contributed by atoms with Crippen LogP contribution in [-0.4, -0.2) is 62.5 Å². The first-order valence-electron chi connectivity index (χ1n) is 9.54. The van der Waals surface area contributed by atoms with Crippen molar-refractivity contribution >= 4 is 48.6 Å². The zero-order chi connectivity index (χ0) is 22.7. The number of amides is 1. The van der Waals surface area contributed by atoms with Crippen LogP contribution in [0, 0.1) is 5.82 Å². The highest BCUT2D eigenvalue weighted by molar-refractivity contribution is 7.89. The molecule has 2 aromatic carbocycles. The molecule has 2 heterocycles. The number of benzene rings is 2. The monoisotopic (exact) mass is 479 g/mol. The molecule has 168 valence electrons. The van der Waals surface area contributed by atoms with Gasteiger partial charge in [0.2, 0.25) is 10.0 Å². The number of nitrogens with one attached hydrogen (secondary N) is 1. The third-order valence-electron chi connectivity index (χ3n) is 4.64. The summed E-state index contributed by atoms with van der Waals surface area (Å²) < 4.78 is 51.8. The number of sulfonamides is 1. The molecule has 4 rings (SSSR count). The Labute approximate surface area is 186 Å². The van der Waals surface area contributed by atoms with Crippen LogP contribution in [0.4, 0.5) is 9.52 Å². The summed E-state index contributed by atoms with van der Waals surface area (Å²) in [5.41, 5.74) is 0.136. The van der Waals surface area contributed by atoms with Gasteiger partial charge in [-0.2, -0.15) is 4.31 Å². The normalized spacial score (nSPS) is 14.9. The Morgan fingerprint density at radius 2 is 1.94 bits per heavy atom. The lowest BCUT2D eigenvalue weighted by molar-refractivity contribution is -0.119. The molecule has 1 fully saturated rings. The van der Waals surface area contributed by atoms with E-state index in [9.17, 15) is 22.4 Å². The van der Waals surface area contributed by atoms with E-state index in [0.717, 1.165) is 22.9 Å². The Hall–Kier alpha value is -2.93. The molecule has 0 atom stereocenters. The molecular weight excluding hydrogens is 461 g/mol. The fraction of sp³-hybridized carbons (Fsp3) is 0.250. The van der Waals surface area contributed by atoms with E-state index < -0.39 is 39.9 Å². The summed E-state index contributed by atoms with van der Waals surface area (Å²) in [5, 5.41) is 2.85. The highest BCUT2D eigenvalue weighted by atomic mass is 32.2. The van der Waals surface area contributed by atoms with Crippen molar-refractivity contribution in [2.75, 3.05) is 38.2 Å². The lowest BCUT2D eigenvalue weighted by Crippen LogP contribution is -2.40. The zero-order valence-electron chi connectivity index (χ0n) is 16.6. The maximum absolute atomic E-state index is 14.2. The lowest BCUT2D eigenvalue weighted by atomic mass is 10.2. The van der Waals surface area contributed by atoms with Gasteiger partial charge in [-0.05, 0) is 30.3 Å². The number of aromatic nitrogens is 1. The van der Waals surface area contributed by atoms with Crippen molar-refractivity contribution in [1.82, 2.24) is 9.29 Å². The highest BCUT2D eigenvalue weighted by Crippen LogP contribution is 2.25. The van der Waals surface area contributed by atoms with Crippen molar-refractivity contribution in [1.29, 1.82) is 0 Å². The van der Waals surface area contributed by atoms with E-state index in [4.69, 9.17) is 9.47 Å². The van der Waals surface area contributed by atoms with Crippen molar-refractivity contribution in [2.24, 2.45) is 0 Å². The molecule has 3 aromatic rings. The average Bonchev–Trinajstić information content (AvgIpc) is 3.20. The number of carbonyl (C=O) groups excluding carboxylic acids is 2. The Bertz CT molecular complexity index is 1240. The van der Waals surface area contributed by atoms with E-state index >= 15 is 0 Å². The number of rotatable bonds is 6. The number of fused-ring (bicyclic) bond motifs is 1. The maximum atomic E-state index is 14.2. The van der Waals surface area contributed by atoms with Gasteiger partial charge in [-0.1, -0.05) is 23.5 Å². The van der Waals surface area contributed by atoms with Gasteiger partial charge in [-0.25, -0.2) is 22.6 Å². The smallest absolute Gasteiger partial charge is 0.341 e. The SMILES string of the molecule is O=C(COC(=O)c1cc(S(=O)(=O)N2CCOCC2)ccc1F)Nc1nc2ccccc2s1. The van der Waals surface area contributed by atoms with Gasteiger partial charge >= 0.3 is 5.97 Å². The molecule has 1 N–H and O–H groups in total. The van der Waals surface area contributed by atoms with E-state index in [2.05, 4.69) is 10.3 Å². The topological polar surface area (TPSA) is 115 Å². The van der Waals surface area contributed by atoms with Crippen LogP contribution in [0.25, 0.3) is 10.2 Å². The third-order valence-corrected chi connectivity index (χ3v) is 7.49. The first kappa shape index (κ1) is 22.3. The van der Waals surface area contributed by atoms with E-state index in [1.165, 1.54) is 15.6 Å². The number of morpholine rings is 1. The number of para-hydroxylation sites is 1. The minimum Gasteiger partial charge on any atom is -0.452 e. The van der Waals surface area contributed by atoms with Gasteiger partial charge in [0.1, 0.15) is 5.82 Å². The molecule has 0 saturated carbocycles. The molecule has 12 heteroatoms. The number of carbonyl (C=O) groups is 2. The predicted octanol–water partition coefficient (Wildman–Crippen LogP) is 2.25. The summed E-state index contributed by atoms with van der Waals surface area (Å²) in [6, 6.07) is 10.2. The predicted molar refractivity (Wildman–Crippen MR) is 115 cm³/mol. The maximum Gasteiger partial charge on any atom is 0.341 e. The number of thiazole rings is 1. The molecule has 0 unspecified atom stereocenters. The van der Waals surface area contributed by atoms with Gasteiger partial charge in [0, 0.05) is 13.1 Å². The van der Waals surface area contributed by atoms with E-state index in [0.29, 0.717) is 10.6 Å².